The summed E-state index contributed by atoms with van der Waals surface area (Å²) >= 11 is 1.56. The van der Waals surface area contributed by atoms with Crippen LogP contribution in [0, 0.1) is 11.3 Å². The molecule has 3 atom stereocenters. The fraction of sp³-hybridized carbons (Fsp3) is 0.667. The Kier molecular flexibility index (Phi) is 4.39. The molecule has 0 bridgehead atoms. The van der Waals surface area contributed by atoms with E-state index in [1.807, 2.05) is 37.6 Å². The van der Waals surface area contributed by atoms with Gasteiger partial charge in [0.15, 0.2) is 0 Å². The molecule has 3 unspecified atom stereocenters. The van der Waals surface area contributed by atoms with Crippen LogP contribution in [0.2, 0.25) is 0 Å². The molecule has 2 rings (SSSR count). The third-order valence-electron chi connectivity index (χ3n) is 4.10. The predicted octanol–water partition coefficient (Wildman–Crippen LogP) is 3.59. The Bertz CT molecular complexity index is 452. The maximum Gasteiger partial charge on any atom is 0.407 e. The number of hydrogen-bond donors (Lipinski definition) is 2. The number of aliphatic hydroxyl groups excluding tert-OH is 1. The molecule has 0 spiro atoms. The molecule has 0 saturated carbocycles. The summed E-state index contributed by atoms with van der Waals surface area (Å²) in [6.07, 6.45) is 0.202. The summed E-state index contributed by atoms with van der Waals surface area (Å²) < 4.78 is 0. The fourth-order valence-electron chi connectivity index (χ4n) is 3.37. The second-order valence-electron chi connectivity index (χ2n) is 6.59. The Morgan fingerprint density at radius 2 is 2.20 bits per heavy atom. The minimum atomic E-state index is -0.882. The van der Waals surface area contributed by atoms with E-state index in [1.54, 1.807) is 11.3 Å². The first-order valence-electron chi connectivity index (χ1n) is 7.02. The maximum absolute atomic E-state index is 11.5. The van der Waals surface area contributed by atoms with Crippen molar-refractivity contribution in [1.29, 1.82) is 0 Å². The van der Waals surface area contributed by atoms with Crippen molar-refractivity contribution in [3.8, 4) is 0 Å². The Balaban J connectivity index is 2.31. The molecular weight excluding hydrogens is 274 g/mol. The highest BCUT2D eigenvalue weighted by Gasteiger charge is 2.44. The number of likely N-dealkylation sites (tertiary alicyclic amines) is 1. The average Bonchev–Trinajstić information content (AvgIpc) is 2.89. The molecule has 1 fully saturated rings. The average molecular weight is 297 g/mol. The predicted molar refractivity (Wildman–Crippen MR) is 80.0 cm³/mol. The first-order chi connectivity index (χ1) is 9.32. The van der Waals surface area contributed by atoms with Gasteiger partial charge in [0.1, 0.15) is 0 Å². The van der Waals surface area contributed by atoms with Crippen LogP contribution in [0.5, 0.6) is 0 Å². The fourth-order valence-corrected chi connectivity index (χ4v) is 4.06. The molecular formula is C15H23NO3S. The number of amides is 1. The van der Waals surface area contributed by atoms with E-state index in [2.05, 4.69) is 0 Å². The van der Waals surface area contributed by atoms with Crippen molar-refractivity contribution in [2.45, 2.75) is 45.8 Å². The lowest BCUT2D eigenvalue weighted by molar-refractivity contribution is -0.0327. The van der Waals surface area contributed by atoms with Gasteiger partial charge in [-0.2, -0.15) is 11.3 Å². The van der Waals surface area contributed by atoms with Gasteiger partial charge in [0, 0.05) is 18.5 Å². The molecule has 112 valence electrons. The van der Waals surface area contributed by atoms with E-state index >= 15 is 0 Å². The quantitative estimate of drug-likeness (QED) is 0.877. The first-order valence-corrected chi connectivity index (χ1v) is 7.96. The molecule has 2 heterocycles. The lowest BCUT2D eigenvalue weighted by atomic mass is 9.71. The van der Waals surface area contributed by atoms with Crippen LogP contribution in [0.15, 0.2) is 16.8 Å². The van der Waals surface area contributed by atoms with Crippen LogP contribution in [0.1, 0.15) is 45.3 Å². The molecule has 1 aliphatic rings. The summed E-state index contributed by atoms with van der Waals surface area (Å²) in [5.74, 6) is -0.0468. The topological polar surface area (TPSA) is 60.8 Å². The summed E-state index contributed by atoms with van der Waals surface area (Å²) in [5.41, 5.74) is 0.710. The van der Waals surface area contributed by atoms with Crippen LogP contribution >= 0.6 is 11.3 Å². The first kappa shape index (κ1) is 15.3. The van der Waals surface area contributed by atoms with Crippen LogP contribution in [0.3, 0.4) is 0 Å². The molecule has 1 saturated heterocycles. The van der Waals surface area contributed by atoms with Crippen molar-refractivity contribution >= 4 is 17.4 Å². The number of aliphatic hydroxyl groups is 1. The van der Waals surface area contributed by atoms with Crippen molar-refractivity contribution in [2.24, 2.45) is 11.3 Å². The zero-order valence-corrected chi connectivity index (χ0v) is 13.1. The third kappa shape index (κ3) is 2.99. The van der Waals surface area contributed by atoms with E-state index in [1.165, 1.54) is 4.90 Å². The SMILES string of the molecule is CC(C)(C)C1C(C(O)c2ccsc2)CCCN1C(=O)O. The largest absolute Gasteiger partial charge is 0.465 e. The molecule has 5 heteroatoms. The number of hydrogen-bond acceptors (Lipinski definition) is 3. The molecule has 0 aromatic carbocycles. The molecule has 0 radical (unpaired) electrons. The second kappa shape index (κ2) is 5.74. The minimum absolute atomic E-state index is 0.0468. The zero-order valence-electron chi connectivity index (χ0n) is 12.2. The van der Waals surface area contributed by atoms with E-state index in [0.29, 0.717) is 6.54 Å². The van der Waals surface area contributed by atoms with Crippen molar-refractivity contribution < 1.29 is 15.0 Å². The molecule has 2 N–H and O–H groups in total. The van der Waals surface area contributed by atoms with E-state index < -0.39 is 12.2 Å². The van der Waals surface area contributed by atoms with Crippen LogP contribution in [0.4, 0.5) is 4.79 Å². The molecule has 1 amide bonds. The Morgan fingerprint density at radius 1 is 1.50 bits per heavy atom. The van der Waals surface area contributed by atoms with Gasteiger partial charge in [0.25, 0.3) is 0 Å². The smallest absolute Gasteiger partial charge is 0.407 e. The van der Waals surface area contributed by atoms with Gasteiger partial charge in [-0.1, -0.05) is 20.8 Å². The van der Waals surface area contributed by atoms with E-state index in [9.17, 15) is 15.0 Å². The van der Waals surface area contributed by atoms with E-state index in [0.717, 1.165) is 18.4 Å². The van der Waals surface area contributed by atoms with Crippen LogP contribution in [-0.4, -0.2) is 33.8 Å². The monoisotopic (exact) mass is 297 g/mol. The molecule has 0 aliphatic carbocycles. The van der Waals surface area contributed by atoms with Gasteiger partial charge in [0.05, 0.1) is 6.10 Å². The van der Waals surface area contributed by atoms with Crippen molar-refractivity contribution in [3.63, 3.8) is 0 Å². The van der Waals surface area contributed by atoms with Gasteiger partial charge in [-0.15, -0.1) is 0 Å². The second-order valence-corrected chi connectivity index (χ2v) is 7.37. The summed E-state index contributed by atoms with van der Waals surface area (Å²) in [4.78, 5) is 13.0. The van der Waals surface area contributed by atoms with Crippen molar-refractivity contribution in [2.75, 3.05) is 6.54 Å². The van der Waals surface area contributed by atoms with Crippen LogP contribution in [-0.2, 0) is 0 Å². The van der Waals surface area contributed by atoms with Gasteiger partial charge in [-0.25, -0.2) is 4.79 Å². The summed E-state index contributed by atoms with van der Waals surface area (Å²) in [6, 6.07) is 1.76. The third-order valence-corrected chi connectivity index (χ3v) is 4.80. The standard InChI is InChI=1S/C15H23NO3S/c1-15(2,3)13-11(5-4-7-16(13)14(18)19)12(17)10-6-8-20-9-10/h6,8-9,11-13,17H,4-5,7H2,1-3H3,(H,18,19). The van der Waals surface area contributed by atoms with Crippen molar-refractivity contribution in [1.82, 2.24) is 4.90 Å². The normalized spacial score (nSPS) is 25.5. The van der Waals surface area contributed by atoms with E-state index in [-0.39, 0.29) is 17.4 Å². The Labute approximate surface area is 124 Å². The van der Waals surface area contributed by atoms with Gasteiger partial charge in [0.2, 0.25) is 0 Å². The van der Waals surface area contributed by atoms with E-state index in [4.69, 9.17) is 0 Å². The van der Waals surface area contributed by atoms with Gasteiger partial charge in [-0.05, 0) is 40.6 Å². The lowest BCUT2D eigenvalue weighted by Crippen LogP contribution is -2.55. The molecule has 20 heavy (non-hydrogen) atoms. The number of nitrogens with zero attached hydrogens (tertiary/aromatic N) is 1. The Morgan fingerprint density at radius 3 is 2.70 bits per heavy atom. The number of carbonyl (C=O) groups is 1. The zero-order chi connectivity index (χ0) is 14.9. The highest BCUT2D eigenvalue weighted by Crippen LogP contribution is 2.42. The van der Waals surface area contributed by atoms with Gasteiger partial charge >= 0.3 is 6.09 Å². The lowest BCUT2D eigenvalue weighted by Gasteiger charge is -2.48. The Hall–Kier alpha value is -1.07. The summed E-state index contributed by atoms with van der Waals surface area (Å²) in [7, 11) is 0. The summed E-state index contributed by atoms with van der Waals surface area (Å²) in [5, 5.41) is 24.0. The molecule has 1 aromatic rings. The summed E-state index contributed by atoms with van der Waals surface area (Å²) in [6.45, 7) is 6.70. The van der Waals surface area contributed by atoms with Crippen LogP contribution < -0.4 is 0 Å². The number of piperidine rings is 1. The van der Waals surface area contributed by atoms with Crippen LogP contribution in [0.25, 0.3) is 0 Å². The molecule has 1 aromatic heterocycles. The van der Waals surface area contributed by atoms with Gasteiger partial charge in [-0.3, -0.25) is 0 Å². The maximum atomic E-state index is 11.5. The number of thiophene rings is 1. The molecule has 1 aliphatic heterocycles. The number of carboxylic acid groups (broad SMARTS) is 1. The molecule has 4 nitrogen and oxygen atoms in total. The highest BCUT2D eigenvalue weighted by atomic mass is 32.1. The number of rotatable bonds is 2. The van der Waals surface area contributed by atoms with Crippen molar-refractivity contribution in [3.05, 3.63) is 22.4 Å². The van der Waals surface area contributed by atoms with Gasteiger partial charge < -0.3 is 15.1 Å². The minimum Gasteiger partial charge on any atom is -0.465 e. The highest BCUT2D eigenvalue weighted by molar-refractivity contribution is 7.07.